The molecule has 172 valence electrons. The number of benzene rings is 2. The summed E-state index contributed by atoms with van der Waals surface area (Å²) in [6.07, 6.45) is 4.86. The number of rotatable bonds is 10. The van der Waals surface area contributed by atoms with Gasteiger partial charge in [-0.25, -0.2) is 0 Å². The van der Waals surface area contributed by atoms with Gasteiger partial charge in [0.05, 0.1) is 5.75 Å². The molecule has 0 spiro atoms. The Morgan fingerprint density at radius 2 is 1.88 bits per heavy atom. The quantitative estimate of drug-likeness (QED) is 0.436. The normalized spacial score (nSPS) is 14.8. The van der Waals surface area contributed by atoms with Crippen LogP contribution in [-0.2, 0) is 21.9 Å². The Bertz CT molecular complexity index is 918. The summed E-state index contributed by atoms with van der Waals surface area (Å²) in [5.41, 5.74) is 1.91. The predicted molar refractivity (Wildman–Crippen MR) is 134 cm³/mol. The third-order valence-corrected chi connectivity index (χ3v) is 7.36. The van der Waals surface area contributed by atoms with E-state index >= 15 is 0 Å². The monoisotopic (exact) mass is 492 g/mol. The van der Waals surface area contributed by atoms with Crippen LogP contribution >= 0.6 is 35.0 Å². The second-order valence-corrected chi connectivity index (χ2v) is 9.98. The minimum absolute atomic E-state index is 0.0645. The Morgan fingerprint density at radius 1 is 1.12 bits per heavy atom. The van der Waals surface area contributed by atoms with E-state index in [1.807, 2.05) is 55.5 Å². The summed E-state index contributed by atoms with van der Waals surface area (Å²) in [6.45, 7) is 2.26. The van der Waals surface area contributed by atoms with Gasteiger partial charge in [0.2, 0.25) is 11.8 Å². The van der Waals surface area contributed by atoms with Gasteiger partial charge in [-0.2, -0.15) is 0 Å². The molecule has 0 aliphatic heterocycles. The van der Waals surface area contributed by atoms with E-state index in [1.54, 1.807) is 4.90 Å². The van der Waals surface area contributed by atoms with Crippen molar-refractivity contribution in [1.82, 2.24) is 10.2 Å². The van der Waals surface area contributed by atoms with Gasteiger partial charge in [0.15, 0.2) is 0 Å². The van der Waals surface area contributed by atoms with Gasteiger partial charge in [0.1, 0.15) is 6.04 Å². The molecule has 2 aromatic carbocycles. The lowest BCUT2D eigenvalue weighted by Crippen LogP contribution is -2.51. The number of nitrogens with zero attached hydrogens (tertiary/aromatic N) is 1. The summed E-state index contributed by atoms with van der Waals surface area (Å²) in [5, 5.41) is 4.45. The molecule has 1 N–H and O–H groups in total. The Balaban J connectivity index is 1.71. The van der Waals surface area contributed by atoms with Gasteiger partial charge in [-0.05, 0) is 48.6 Å². The molecular formula is C25H30Cl2N2O2S. The van der Waals surface area contributed by atoms with Crippen LogP contribution in [0.15, 0.2) is 48.5 Å². The van der Waals surface area contributed by atoms with E-state index < -0.39 is 6.04 Å². The predicted octanol–water partition coefficient (Wildman–Crippen LogP) is 6.09. The zero-order chi connectivity index (χ0) is 22.9. The van der Waals surface area contributed by atoms with Crippen LogP contribution in [0.4, 0.5) is 0 Å². The van der Waals surface area contributed by atoms with Crippen molar-refractivity contribution in [3.05, 3.63) is 69.7 Å². The molecule has 1 fully saturated rings. The molecule has 0 unspecified atom stereocenters. The average molecular weight is 494 g/mol. The molecule has 4 nitrogen and oxygen atoms in total. The van der Waals surface area contributed by atoms with Crippen LogP contribution in [0.2, 0.25) is 10.0 Å². The molecule has 0 heterocycles. The topological polar surface area (TPSA) is 49.4 Å². The Hall–Kier alpha value is -1.69. The van der Waals surface area contributed by atoms with Gasteiger partial charge in [-0.1, -0.05) is 73.3 Å². The van der Waals surface area contributed by atoms with Crippen LogP contribution in [0.25, 0.3) is 0 Å². The van der Waals surface area contributed by atoms with E-state index in [1.165, 1.54) is 11.8 Å². The first-order chi connectivity index (χ1) is 15.5. The number of amides is 2. The largest absolute Gasteiger partial charge is 0.352 e. The molecule has 7 heteroatoms. The number of hydrogen-bond acceptors (Lipinski definition) is 3. The van der Waals surface area contributed by atoms with Crippen LogP contribution < -0.4 is 5.32 Å². The first-order valence-corrected chi connectivity index (χ1v) is 13.0. The molecule has 1 saturated carbocycles. The molecule has 0 radical (unpaired) electrons. The summed E-state index contributed by atoms with van der Waals surface area (Å²) in [6, 6.07) is 14.8. The van der Waals surface area contributed by atoms with Crippen molar-refractivity contribution in [3.8, 4) is 0 Å². The molecular weight excluding hydrogens is 463 g/mol. The van der Waals surface area contributed by atoms with Crippen molar-refractivity contribution in [1.29, 1.82) is 0 Å². The highest BCUT2D eigenvalue weighted by atomic mass is 35.5. The Labute approximate surface area is 205 Å². The molecule has 0 bridgehead atoms. The molecule has 0 saturated heterocycles. The zero-order valence-electron chi connectivity index (χ0n) is 18.4. The second-order valence-electron chi connectivity index (χ2n) is 8.15. The summed E-state index contributed by atoms with van der Waals surface area (Å²) in [4.78, 5) is 28.1. The van der Waals surface area contributed by atoms with Gasteiger partial charge < -0.3 is 10.2 Å². The smallest absolute Gasteiger partial charge is 0.243 e. The third kappa shape index (κ3) is 7.16. The lowest BCUT2D eigenvalue weighted by atomic mass is 10.1. The van der Waals surface area contributed by atoms with Crippen molar-refractivity contribution >= 4 is 46.8 Å². The lowest BCUT2D eigenvalue weighted by molar-refractivity contribution is -0.139. The van der Waals surface area contributed by atoms with Gasteiger partial charge in [-0.3, -0.25) is 9.59 Å². The van der Waals surface area contributed by atoms with Crippen molar-refractivity contribution in [2.24, 2.45) is 0 Å². The van der Waals surface area contributed by atoms with E-state index in [0.29, 0.717) is 28.8 Å². The van der Waals surface area contributed by atoms with Crippen molar-refractivity contribution in [2.45, 2.75) is 63.4 Å². The van der Waals surface area contributed by atoms with E-state index in [-0.39, 0.29) is 23.6 Å². The second kappa shape index (κ2) is 12.5. The maximum atomic E-state index is 13.3. The van der Waals surface area contributed by atoms with E-state index in [4.69, 9.17) is 23.2 Å². The van der Waals surface area contributed by atoms with Crippen molar-refractivity contribution in [3.63, 3.8) is 0 Å². The maximum Gasteiger partial charge on any atom is 0.243 e. The average Bonchev–Trinajstić information content (AvgIpc) is 3.28. The number of hydrogen-bond donors (Lipinski definition) is 1. The fourth-order valence-corrected chi connectivity index (χ4v) is 5.33. The first-order valence-electron chi connectivity index (χ1n) is 11.1. The molecule has 3 rings (SSSR count). The summed E-state index contributed by atoms with van der Waals surface area (Å²) in [7, 11) is 0. The molecule has 2 aromatic rings. The SMILES string of the molecule is CC[C@@H](C(=O)NC1CCCC1)N(Cc1ccccc1Cl)C(=O)CSCc1cccc(Cl)c1. The highest BCUT2D eigenvalue weighted by molar-refractivity contribution is 7.99. The number of halogens is 2. The van der Waals surface area contributed by atoms with Gasteiger partial charge in [-0.15, -0.1) is 11.8 Å². The highest BCUT2D eigenvalue weighted by Crippen LogP contribution is 2.23. The maximum absolute atomic E-state index is 13.3. The van der Waals surface area contributed by atoms with E-state index in [2.05, 4.69) is 5.32 Å². The standard InChI is InChI=1S/C25H30Cl2N2O2S/c1-2-23(25(31)28-21-11-4-5-12-21)29(15-19-9-3-6-13-22(19)27)24(30)17-32-16-18-8-7-10-20(26)14-18/h3,6-10,13-14,21,23H,2,4-5,11-12,15-17H2,1H3,(H,28,31)/t23-/m0/s1. The lowest BCUT2D eigenvalue weighted by Gasteiger charge is -2.31. The van der Waals surface area contributed by atoms with Crippen LogP contribution in [0.1, 0.15) is 50.2 Å². The van der Waals surface area contributed by atoms with Gasteiger partial charge in [0.25, 0.3) is 0 Å². The fourth-order valence-electron chi connectivity index (χ4n) is 4.06. The molecule has 2 amide bonds. The molecule has 32 heavy (non-hydrogen) atoms. The van der Waals surface area contributed by atoms with E-state index in [0.717, 1.165) is 36.8 Å². The molecule has 1 aliphatic carbocycles. The molecule has 1 aliphatic rings. The van der Waals surface area contributed by atoms with Gasteiger partial charge >= 0.3 is 0 Å². The molecule has 0 aromatic heterocycles. The minimum Gasteiger partial charge on any atom is -0.352 e. The van der Waals surface area contributed by atoms with Crippen LogP contribution in [0.5, 0.6) is 0 Å². The van der Waals surface area contributed by atoms with Crippen LogP contribution in [0.3, 0.4) is 0 Å². The summed E-state index contributed by atoms with van der Waals surface area (Å²) < 4.78 is 0. The zero-order valence-corrected chi connectivity index (χ0v) is 20.7. The highest BCUT2D eigenvalue weighted by Gasteiger charge is 2.30. The fraction of sp³-hybridized carbons (Fsp3) is 0.440. The Kier molecular flexibility index (Phi) is 9.76. The number of carbonyl (C=O) groups is 2. The number of carbonyl (C=O) groups excluding carboxylic acids is 2. The first kappa shape index (κ1) is 24.9. The summed E-state index contributed by atoms with van der Waals surface area (Å²) in [5.74, 6) is 0.826. The van der Waals surface area contributed by atoms with Crippen LogP contribution in [-0.4, -0.2) is 34.6 Å². The minimum atomic E-state index is -0.522. The third-order valence-electron chi connectivity index (χ3n) is 5.77. The number of thioether (sulfide) groups is 1. The van der Waals surface area contributed by atoms with Crippen LogP contribution in [0, 0.1) is 0 Å². The number of nitrogens with one attached hydrogen (secondary N) is 1. The van der Waals surface area contributed by atoms with Gasteiger partial charge in [0, 0.05) is 28.4 Å². The van der Waals surface area contributed by atoms with E-state index in [9.17, 15) is 9.59 Å². The molecule has 1 atom stereocenters. The summed E-state index contributed by atoms with van der Waals surface area (Å²) >= 11 is 14.0. The Morgan fingerprint density at radius 3 is 2.56 bits per heavy atom. The van der Waals surface area contributed by atoms with Crippen molar-refractivity contribution in [2.75, 3.05) is 5.75 Å². The van der Waals surface area contributed by atoms with Crippen molar-refractivity contribution < 1.29 is 9.59 Å².